The van der Waals surface area contributed by atoms with Crippen molar-refractivity contribution in [2.75, 3.05) is 13.1 Å². The van der Waals surface area contributed by atoms with E-state index in [0.29, 0.717) is 0 Å². The van der Waals surface area contributed by atoms with E-state index in [2.05, 4.69) is 23.5 Å². The van der Waals surface area contributed by atoms with Crippen LogP contribution in [0.4, 0.5) is 0 Å². The molecular weight excluding hydrogens is 136 g/mol. The van der Waals surface area contributed by atoms with Gasteiger partial charge < -0.3 is 5.32 Å². The lowest BCUT2D eigenvalue weighted by Gasteiger charge is -2.26. The van der Waals surface area contributed by atoms with Gasteiger partial charge >= 0.3 is 0 Å². The van der Waals surface area contributed by atoms with E-state index in [4.69, 9.17) is 6.42 Å². The monoisotopic (exact) mass is 152 g/mol. The van der Waals surface area contributed by atoms with E-state index >= 15 is 0 Å². The van der Waals surface area contributed by atoms with Crippen LogP contribution in [0.25, 0.3) is 0 Å². The largest absolute Gasteiger partial charge is 0.315 e. The van der Waals surface area contributed by atoms with Crippen molar-refractivity contribution in [1.29, 1.82) is 0 Å². The summed E-state index contributed by atoms with van der Waals surface area (Å²) < 4.78 is 0. The minimum absolute atomic E-state index is 0.180. The van der Waals surface area contributed by atoms with E-state index in [1.54, 1.807) is 0 Å². The molecule has 62 valence electrons. The highest BCUT2D eigenvalue weighted by molar-refractivity contribution is 5.02. The maximum Gasteiger partial charge on any atom is 0.0662 e. The van der Waals surface area contributed by atoms with Gasteiger partial charge in [-0.3, -0.25) is 5.32 Å². The zero-order chi connectivity index (χ0) is 8.32. The van der Waals surface area contributed by atoms with E-state index in [1.165, 1.54) is 6.42 Å². The topological polar surface area (TPSA) is 24.1 Å². The summed E-state index contributed by atoms with van der Waals surface area (Å²) in [5.41, 5.74) is 0.214. The number of nitrogens with one attached hydrogen (secondary N) is 2. The molecule has 2 atom stereocenters. The normalized spacial score (nSPS) is 33.2. The predicted molar refractivity (Wildman–Crippen MR) is 47.3 cm³/mol. The summed E-state index contributed by atoms with van der Waals surface area (Å²) in [7, 11) is 0. The second kappa shape index (κ2) is 3.25. The molecule has 1 rings (SSSR count). The summed E-state index contributed by atoms with van der Waals surface area (Å²) in [6, 6.07) is 0.180. The van der Waals surface area contributed by atoms with Crippen LogP contribution in [0.2, 0.25) is 0 Å². The first-order valence-electron chi connectivity index (χ1n) is 4.11. The highest BCUT2D eigenvalue weighted by Gasteiger charge is 2.28. The smallest absolute Gasteiger partial charge is 0.0662 e. The number of hydrogen-bond acceptors (Lipinski definition) is 2. The third-order valence-electron chi connectivity index (χ3n) is 2.18. The molecule has 0 amide bonds. The van der Waals surface area contributed by atoms with Crippen LogP contribution in [0.5, 0.6) is 0 Å². The first kappa shape index (κ1) is 8.58. The van der Waals surface area contributed by atoms with Crippen LogP contribution in [0, 0.1) is 12.3 Å². The molecule has 2 N–H and O–H groups in total. The Bertz CT molecular complexity index is 163. The lowest BCUT2D eigenvalue weighted by molar-refractivity contribution is 0.373. The minimum Gasteiger partial charge on any atom is -0.315 e. The minimum atomic E-state index is 0.180. The van der Waals surface area contributed by atoms with Crippen molar-refractivity contribution in [2.45, 2.75) is 31.8 Å². The third-order valence-corrected chi connectivity index (χ3v) is 2.18. The molecule has 2 unspecified atom stereocenters. The Labute approximate surface area is 68.8 Å². The van der Waals surface area contributed by atoms with Crippen LogP contribution in [-0.2, 0) is 0 Å². The fraction of sp³-hybridized carbons (Fsp3) is 0.778. The van der Waals surface area contributed by atoms with Crippen LogP contribution < -0.4 is 10.6 Å². The van der Waals surface area contributed by atoms with Gasteiger partial charge in [0.05, 0.1) is 6.04 Å². The summed E-state index contributed by atoms with van der Waals surface area (Å²) in [5, 5.41) is 6.72. The zero-order valence-corrected chi connectivity index (χ0v) is 7.28. The van der Waals surface area contributed by atoms with Crippen LogP contribution in [-0.4, -0.2) is 24.7 Å². The summed E-state index contributed by atoms with van der Waals surface area (Å²) in [6.45, 7) is 6.35. The standard InChI is InChI=1S/C9H16N2/c1-4-8(2)11-9(3)5-6-10-7-9/h1,8,10-11H,5-7H2,2-3H3. The molecule has 0 radical (unpaired) electrons. The number of hydrogen-bond donors (Lipinski definition) is 2. The average molecular weight is 152 g/mol. The van der Waals surface area contributed by atoms with Crippen LogP contribution >= 0.6 is 0 Å². The molecule has 2 nitrogen and oxygen atoms in total. The average Bonchev–Trinajstić information content (AvgIpc) is 2.36. The van der Waals surface area contributed by atoms with Crippen molar-refractivity contribution in [3.8, 4) is 12.3 Å². The highest BCUT2D eigenvalue weighted by Crippen LogP contribution is 2.13. The van der Waals surface area contributed by atoms with Gasteiger partial charge in [-0.25, -0.2) is 0 Å². The Kier molecular flexibility index (Phi) is 2.53. The second-order valence-electron chi connectivity index (χ2n) is 3.52. The molecule has 0 saturated carbocycles. The molecule has 1 aliphatic rings. The molecule has 0 aliphatic carbocycles. The van der Waals surface area contributed by atoms with E-state index in [1.807, 2.05) is 6.92 Å². The Hall–Kier alpha value is -0.520. The molecule has 0 bridgehead atoms. The molecule has 1 saturated heterocycles. The fourth-order valence-electron chi connectivity index (χ4n) is 1.50. The van der Waals surface area contributed by atoms with Gasteiger partial charge in [-0.05, 0) is 26.8 Å². The highest BCUT2D eigenvalue weighted by atomic mass is 15.1. The maximum atomic E-state index is 5.28. The van der Waals surface area contributed by atoms with E-state index < -0.39 is 0 Å². The van der Waals surface area contributed by atoms with Crippen LogP contribution in [0.15, 0.2) is 0 Å². The van der Waals surface area contributed by atoms with Crippen molar-refractivity contribution in [3.63, 3.8) is 0 Å². The van der Waals surface area contributed by atoms with Crippen molar-refractivity contribution in [3.05, 3.63) is 0 Å². The van der Waals surface area contributed by atoms with E-state index in [9.17, 15) is 0 Å². The Balaban J connectivity index is 2.41. The van der Waals surface area contributed by atoms with Gasteiger partial charge in [0.25, 0.3) is 0 Å². The summed E-state index contributed by atoms with van der Waals surface area (Å²) in [6.07, 6.45) is 6.44. The van der Waals surface area contributed by atoms with E-state index in [-0.39, 0.29) is 11.6 Å². The van der Waals surface area contributed by atoms with Gasteiger partial charge in [-0.2, -0.15) is 0 Å². The Morgan fingerprint density at radius 1 is 1.73 bits per heavy atom. The molecule has 0 aromatic heterocycles. The van der Waals surface area contributed by atoms with Gasteiger partial charge in [-0.15, -0.1) is 6.42 Å². The number of rotatable bonds is 2. The maximum absolute atomic E-state index is 5.28. The van der Waals surface area contributed by atoms with E-state index in [0.717, 1.165) is 13.1 Å². The molecule has 11 heavy (non-hydrogen) atoms. The van der Waals surface area contributed by atoms with Crippen molar-refractivity contribution in [1.82, 2.24) is 10.6 Å². The predicted octanol–water partition coefficient (Wildman–Crippen LogP) is 0.350. The van der Waals surface area contributed by atoms with Gasteiger partial charge in [0.1, 0.15) is 0 Å². The summed E-state index contributed by atoms with van der Waals surface area (Å²) in [5.74, 6) is 2.68. The van der Waals surface area contributed by atoms with Crippen LogP contribution in [0.3, 0.4) is 0 Å². The molecule has 1 heterocycles. The quantitative estimate of drug-likeness (QED) is 0.558. The van der Waals surface area contributed by atoms with Gasteiger partial charge in [0, 0.05) is 12.1 Å². The first-order valence-corrected chi connectivity index (χ1v) is 4.11. The molecule has 2 heteroatoms. The Morgan fingerprint density at radius 3 is 2.91 bits per heavy atom. The zero-order valence-electron chi connectivity index (χ0n) is 7.28. The SMILES string of the molecule is C#CC(C)NC1(C)CCNC1. The summed E-state index contributed by atoms with van der Waals surface area (Å²) in [4.78, 5) is 0. The van der Waals surface area contributed by atoms with Crippen molar-refractivity contribution >= 4 is 0 Å². The molecule has 0 aromatic rings. The lowest BCUT2D eigenvalue weighted by atomic mass is 10.0. The Morgan fingerprint density at radius 2 is 2.45 bits per heavy atom. The molecule has 0 spiro atoms. The lowest BCUT2D eigenvalue weighted by Crippen LogP contribution is -2.48. The van der Waals surface area contributed by atoms with Gasteiger partial charge in [-0.1, -0.05) is 5.92 Å². The fourth-order valence-corrected chi connectivity index (χ4v) is 1.50. The number of terminal acetylenes is 1. The van der Waals surface area contributed by atoms with Crippen molar-refractivity contribution < 1.29 is 0 Å². The first-order chi connectivity index (χ1) is 5.16. The van der Waals surface area contributed by atoms with Crippen molar-refractivity contribution in [2.24, 2.45) is 0 Å². The third kappa shape index (κ3) is 2.21. The molecule has 1 fully saturated rings. The van der Waals surface area contributed by atoms with Gasteiger partial charge in [0.15, 0.2) is 0 Å². The molecular formula is C9H16N2. The molecule has 0 aromatic carbocycles. The van der Waals surface area contributed by atoms with Crippen LogP contribution in [0.1, 0.15) is 20.3 Å². The second-order valence-corrected chi connectivity index (χ2v) is 3.52. The molecule has 1 aliphatic heterocycles. The summed E-state index contributed by atoms with van der Waals surface area (Å²) >= 11 is 0. The van der Waals surface area contributed by atoms with Gasteiger partial charge in [0.2, 0.25) is 0 Å².